The molecule has 0 heterocycles. The molecule has 0 bridgehead atoms. The summed E-state index contributed by atoms with van der Waals surface area (Å²) >= 11 is 2.10. The summed E-state index contributed by atoms with van der Waals surface area (Å²) in [6.45, 7) is 3.95. The molecule has 1 aromatic carbocycles. The van der Waals surface area contributed by atoms with Crippen LogP contribution in [0, 0.1) is 3.57 Å². The van der Waals surface area contributed by atoms with E-state index in [1.807, 2.05) is 19.9 Å². The van der Waals surface area contributed by atoms with Crippen molar-refractivity contribution >= 4 is 34.2 Å². The summed E-state index contributed by atoms with van der Waals surface area (Å²) in [6, 6.07) is 5.57. The third-order valence-corrected chi connectivity index (χ3v) is 2.33. The number of hydrogen-bond acceptors (Lipinski definition) is 2. The monoisotopic (exact) mass is 305 g/mol. The predicted octanol–water partition coefficient (Wildman–Crippen LogP) is 2.81. The van der Waals surface area contributed by atoms with Gasteiger partial charge in [0.1, 0.15) is 0 Å². The summed E-state index contributed by atoms with van der Waals surface area (Å²) < 4.78 is 0.925. The van der Waals surface area contributed by atoms with E-state index in [0.717, 1.165) is 3.57 Å². The number of halogens is 1. The van der Waals surface area contributed by atoms with Crippen LogP contribution >= 0.6 is 22.6 Å². The van der Waals surface area contributed by atoms with E-state index in [-0.39, 0.29) is 6.04 Å². The van der Waals surface area contributed by atoms with Crippen molar-refractivity contribution in [1.82, 2.24) is 0 Å². The molecule has 0 aliphatic carbocycles. The van der Waals surface area contributed by atoms with Crippen molar-refractivity contribution in [3.63, 3.8) is 0 Å². The SMILES string of the molecule is CC(C)Nc1ccc(I)cc1C(=O)O. The first-order chi connectivity index (χ1) is 6.50. The van der Waals surface area contributed by atoms with Gasteiger partial charge in [-0.25, -0.2) is 4.79 Å². The van der Waals surface area contributed by atoms with Crippen LogP contribution in [-0.4, -0.2) is 17.1 Å². The lowest BCUT2D eigenvalue weighted by atomic mass is 10.1. The minimum Gasteiger partial charge on any atom is -0.478 e. The third-order valence-electron chi connectivity index (χ3n) is 1.66. The van der Waals surface area contributed by atoms with E-state index >= 15 is 0 Å². The zero-order chi connectivity index (χ0) is 10.7. The second-order valence-corrected chi connectivity index (χ2v) is 4.54. The molecular weight excluding hydrogens is 293 g/mol. The minimum atomic E-state index is -0.897. The van der Waals surface area contributed by atoms with E-state index in [1.165, 1.54) is 0 Å². The van der Waals surface area contributed by atoms with Gasteiger partial charge in [0, 0.05) is 15.3 Å². The largest absolute Gasteiger partial charge is 0.478 e. The number of carbonyl (C=O) groups is 1. The molecule has 0 atom stereocenters. The summed E-state index contributed by atoms with van der Waals surface area (Å²) in [6.07, 6.45) is 0. The van der Waals surface area contributed by atoms with Crippen LogP contribution in [0.2, 0.25) is 0 Å². The fraction of sp³-hybridized carbons (Fsp3) is 0.300. The second kappa shape index (κ2) is 4.63. The Kier molecular flexibility index (Phi) is 3.74. The zero-order valence-electron chi connectivity index (χ0n) is 8.04. The van der Waals surface area contributed by atoms with E-state index in [9.17, 15) is 4.79 Å². The molecule has 0 unspecified atom stereocenters. The number of nitrogens with one attached hydrogen (secondary N) is 1. The van der Waals surface area contributed by atoms with Gasteiger partial charge in [-0.3, -0.25) is 0 Å². The average Bonchev–Trinajstić information content (AvgIpc) is 2.07. The Morgan fingerprint density at radius 3 is 2.64 bits per heavy atom. The van der Waals surface area contributed by atoms with Crippen LogP contribution in [0.5, 0.6) is 0 Å². The molecule has 0 fully saturated rings. The molecular formula is C10H12INO2. The van der Waals surface area contributed by atoms with Gasteiger partial charge < -0.3 is 10.4 Å². The van der Waals surface area contributed by atoms with E-state index < -0.39 is 5.97 Å². The lowest BCUT2D eigenvalue weighted by Gasteiger charge is -2.12. The molecule has 0 aromatic heterocycles. The van der Waals surface area contributed by atoms with Crippen LogP contribution in [0.4, 0.5) is 5.69 Å². The highest BCUT2D eigenvalue weighted by Gasteiger charge is 2.10. The normalized spacial score (nSPS) is 10.3. The van der Waals surface area contributed by atoms with Crippen molar-refractivity contribution in [2.75, 3.05) is 5.32 Å². The lowest BCUT2D eigenvalue weighted by molar-refractivity contribution is 0.0698. The van der Waals surface area contributed by atoms with Crippen molar-refractivity contribution in [3.8, 4) is 0 Å². The molecule has 14 heavy (non-hydrogen) atoms. The highest BCUT2D eigenvalue weighted by molar-refractivity contribution is 14.1. The molecule has 0 saturated heterocycles. The highest BCUT2D eigenvalue weighted by atomic mass is 127. The number of rotatable bonds is 3. The smallest absolute Gasteiger partial charge is 0.337 e. The minimum absolute atomic E-state index is 0.230. The van der Waals surface area contributed by atoms with Crippen molar-refractivity contribution < 1.29 is 9.90 Å². The molecule has 1 aromatic rings. The predicted molar refractivity (Wildman–Crippen MR) is 64.9 cm³/mol. The average molecular weight is 305 g/mol. The van der Waals surface area contributed by atoms with E-state index in [1.54, 1.807) is 12.1 Å². The Hall–Kier alpha value is -0.780. The van der Waals surface area contributed by atoms with Gasteiger partial charge in [-0.1, -0.05) is 0 Å². The second-order valence-electron chi connectivity index (χ2n) is 3.29. The summed E-state index contributed by atoms with van der Waals surface area (Å²) in [4.78, 5) is 10.9. The van der Waals surface area contributed by atoms with E-state index in [4.69, 9.17) is 5.11 Å². The maximum absolute atomic E-state index is 10.9. The number of benzene rings is 1. The fourth-order valence-corrected chi connectivity index (χ4v) is 1.62. The van der Waals surface area contributed by atoms with Gasteiger partial charge >= 0.3 is 5.97 Å². The first kappa shape index (κ1) is 11.3. The summed E-state index contributed by atoms with van der Waals surface area (Å²) in [7, 11) is 0. The van der Waals surface area contributed by atoms with Gasteiger partial charge in [0.2, 0.25) is 0 Å². The summed E-state index contributed by atoms with van der Waals surface area (Å²) in [5.74, 6) is -0.897. The Balaban J connectivity index is 3.08. The maximum Gasteiger partial charge on any atom is 0.337 e. The molecule has 0 radical (unpaired) electrons. The molecule has 0 spiro atoms. The number of hydrogen-bond donors (Lipinski definition) is 2. The molecule has 0 amide bonds. The standard InChI is InChI=1S/C10H12INO2/c1-6(2)12-9-4-3-7(11)5-8(9)10(13)14/h3-6,12H,1-2H3,(H,13,14). The molecule has 3 nitrogen and oxygen atoms in total. The first-order valence-electron chi connectivity index (χ1n) is 4.30. The highest BCUT2D eigenvalue weighted by Crippen LogP contribution is 2.19. The van der Waals surface area contributed by atoms with Gasteiger partial charge in [0.15, 0.2) is 0 Å². The van der Waals surface area contributed by atoms with Crippen molar-refractivity contribution in [2.45, 2.75) is 19.9 Å². The van der Waals surface area contributed by atoms with Crippen molar-refractivity contribution in [2.24, 2.45) is 0 Å². The third kappa shape index (κ3) is 2.87. The van der Waals surface area contributed by atoms with Crippen LogP contribution in [-0.2, 0) is 0 Å². The number of anilines is 1. The Morgan fingerprint density at radius 2 is 2.14 bits per heavy atom. The number of aromatic carboxylic acids is 1. The van der Waals surface area contributed by atoms with Gasteiger partial charge in [-0.2, -0.15) is 0 Å². The van der Waals surface area contributed by atoms with E-state index in [2.05, 4.69) is 27.9 Å². The van der Waals surface area contributed by atoms with Crippen LogP contribution in [0.25, 0.3) is 0 Å². The summed E-state index contributed by atoms with van der Waals surface area (Å²) in [5.41, 5.74) is 0.999. The Bertz CT molecular complexity index is 350. The molecule has 0 aliphatic heterocycles. The van der Waals surface area contributed by atoms with E-state index in [0.29, 0.717) is 11.3 Å². The zero-order valence-corrected chi connectivity index (χ0v) is 10.2. The van der Waals surface area contributed by atoms with Gasteiger partial charge in [0.25, 0.3) is 0 Å². The molecule has 0 saturated carbocycles. The Morgan fingerprint density at radius 1 is 1.50 bits per heavy atom. The van der Waals surface area contributed by atoms with Gasteiger partial charge in [-0.15, -0.1) is 0 Å². The fourth-order valence-electron chi connectivity index (χ4n) is 1.13. The van der Waals surface area contributed by atoms with Crippen LogP contribution in [0.15, 0.2) is 18.2 Å². The molecule has 76 valence electrons. The maximum atomic E-state index is 10.9. The van der Waals surface area contributed by atoms with Crippen LogP contribution in [0.1, 0.15) is 24.2 Å². The Labute approximate surface area is 96.7 Å². The number of carboxylic acid groups (broad SMARTS) is 1. The lowest BCUT2D eigenvalue weighted by Crippen LogP contribution is -2.13. The van der Waals surface area contributed by atoms with Crippen molar-refractivity contribution in [1.29, 1.82) is 0 Å². The molecule has 0 aliphatic rings. The van der Waals surface area contributed by atoms with Crippen molar-refractivity contribution in [3.05, 3.63) is 27.3 Å². The topological polar surface area (TPSA) is 49.3 Å². The molecule has 4 heteroatoms. The molecule has 1 rings (SSSR count). The quantitative estimate of drug-likeness (QED) is 0.844. The first-order valence-corrected chi connectivity index (χ1v) is 5.38. The van der Waals surface area contributed by atoms with Crippen LogP contribution < -0.4 is 5.32 Å². The van der Waals surface area contributed by atoms with Gasteiger partial charge in [0.05, 0.1) is 5.56 Å². The van der Waals surface area contributed by atoms with Gasteiger partial charge in [-0.05, 0) is 54.6 Å². The van der Waals surface area contributed by atoms with Crippen LogP contribution in [0.3, 0.4) is 0 Å². The molecule has 2 N–H and O–H groups in total. The number of carboxylic acids is 1. The summed E-state index contributed by atoms with van der Waals surface area (Å²) in [5, 5.41) is 12.1.